The monoisotopic (exact) mass is 933 g/mol. The van der Waals surface area contributed by atoms with Crippen LogP contribution < -0.4 is 0 Å². The molecule has 0 aromatic carbocycles. The van der Waals surface area contributed by atoms with E-state index in [1.807, 2.05) is 0 Å². The van der Waals surface area contributed by atoms with Gasteiger partial charge in [-0.05, 0) is 70.6 Å². The zero-order valence-corrected chi connectivity index (χ0v) is 43.9. The Labute approximate surface area is 414 Å². The lowest BCUT2D eigenvalue weighted by atomic mass is 10.0. The molecule has 0 aromatic heterocycles. The lowest BCUT2D eigenvalue weighted by Gasteiger charge is -2.18. The SMILES string of the molecule is CC/C=C\C/C=C\C/C=C\C/C=C\C/C=C\C/C=C\C/C=C\CCCC(=O)OCC(COC(=O)CCCCCCCCCCCCCC)OC(=O)CCCCCCCCCCCCCCCC. The van der Waals surface area contributed by atoms with Crippen molar-refractivity contribution in [2.75, 3.05) is 13.2 Å². The molecule has 1 atom stereocenters. The molecule has 6 heteroatoms. The van der Waals surface area contributed by atoms with Gasteiger partial charge in [0, 0.05) is 19.3 Å². The molecule has 0 saturated heterocycles. The van der Waals surface area contributed by atoms with E-state index in [0.29, 0.717) is 19.3 Å². The fourth-order valence-electron chi connectivity index (χ4n) is 7.73. The smallest absolute Gasteiger partial charge is 0.306 e. The Morgan fingerprint density at radius 3 is 0.910 bits per heavy atom. The zero-order valence-electron chi connectivity index (χ0n) is 43.9. The summed E-state index contributed by atoms with van der Waals surface area (Å²) in [6.45, 7) is 6.49. The summed E-state index contributed by atoms with van der Waals surface area (Å²) in [7, 11) is 0. The van der Waals surface area contributed by atoms with E-state index in [0.717, 1.165) is 89.9 Å². The molecule has 0 spiro atoms. The summed E-state index contributed by atoms with van der Waals surface area (Å²) in [6, 6.07) is 0. The topological polar surface area (TPSA) is 78.9 Å². The Morgan fingerprint density at radius 2 is 0.582 bits per heavy atom. The quantitative estimate of drug-likeness (QED) is 0.0262. The van der Waals surface area contributed by atoms with Crippen molar-refractivity contribution >= 4 is 17.9 Å². The summed E-state index contributed by atoms with van der Waals surface area (Å²) in [4.78, 5) is 38.0. The molecule has 1 unspecified atom stereocenters. The van der Waals surface area contributed by atoms with Crippen LogP contribution in [0.4, 0.5) is 0 Å². The minimum atomic E-state index is -0.796. The molecule has 0 N–H and O–H groups in total. The maximum absolute atomic E-state index is 12.8. The number of esters is 3. The van der Waals surface area contributed by atoms with Crippen LogP contribution in [-0.4, -0.2) is 37.2 Å². The molecule has 0 fully saturated rings. The summed E-state index contributed by atoms with van der Waals surface area (Å²) in [5, 5.41) is 0. The molecule has 0 amide bonds. The van der Waals surface area contributed by atoms with Crippen molar-refractivity contribution in [3.05, 3.63) is 85.1 Å². The van der Waals surface area contributed by atoms with Gasteiger partial charge in [0.05, 0.1) is 0 Å². The van der Waals surface area contributed by atoms with Crippen LogP contribution in [0, 0.1) is 0 Å². The van der Waals surface area contributed by atoms with Crippen molar-refractivity contribution in [2.24, 2.45) is 0 Å². The van der Waals surface area contributed by atoms with Gasteiger partial charge < -0.3 is 14.2 Å². The highest BCUT2D eigenvalue weighted by Gasteiger charge is 2.19. The molecule has 0 aliphatic rings. The largest absolute Gasteiger partial charge is 0.462 e. The molecule has 6 nitrogen and oxygen atoms in total. The van der Waals surface area contributed by atoms with E-state index in [9.17, 15) is 14.4 Å². The summed E-state index contributed by atoms with van der Waals surface area (Å²) in [6.07, 6.45) is 71.5. The van der Waals surface area contributed by atoms with Crippen LogP contribution in [0.3, 0.4) is 0 Å². The molecule has 384 valence electrons. The van der Waals surface area contributed by atoms with E-state index in [1.165, 1.54) is 128 Å². The average Bonchev–Trinajstić information content (AvgIpc) is 3.33. The molecule has 0 aromatic rings. The molecule has 0 saturated carbocycles. The number of ether oxygens (including phenoxy) is 3. The maximum atomic E-state index is 12.8. The van der Waals surface area contributed by atoms with Crippen LogP contribution in [0.5, 0.6) is 0 Å². The third-order valence-corrected chi connectivity index (χ3v) is 11.9. The van der Waals surface area contributed by atoms with Gasteiger partial charge in [-0.3, -0.25) is 14.4 Å². The Hall–Kier alpha value is -3.41. The molecule has 0 bridgehead atoms. The summed E-state index contributed by atoms with van der Waals surface area (Å²) < 4.78 is 16.8. The van der Waals surface area contributed by atoms with Gasteiger partial charge in [-0.25, -0.2) is 0 Å². The van der Waals surface area contributed by atoms with Crippen molar-refractivity contribution < 1.29 is 28.6 Å². The number of carbonyl (C=O) groups excluding carboxylic acids is 3. The van der Waals surface area contributed by atoms with Gasteiger partial charge in [0.1, 0.15) is 13.2 Å². The van der Waals surface area contributed by atoms with Crippen LogP contribution in [0.25, 0.3) is 0 Å². The Balaban J connectivity index is 4.43. The average molecular weight is 933 g/mol. The molecular formula is C61H104O6. The lowest BCUT2D eigenvalue weighted by Crippen LogP contribution is -2.30. The third-order valence-electron chi connectivity index (χ3n) is 11.9. The van der Waals surface area contributed by atoms with E-state index < -0.39 is 6.10 Å². The van der Waals surface area contributed by atoms with Crippen LogP contribution >= 0.6 is 0 Å². The standard InChI is InChI=1S/C61H104O6/c1-4-7-10-13-16-19-22-25-27-28-29-30-31-32-33-34-35-37-39-42-45-48-51-54-60(63)66-57-58(56-65-59(62)53-50-47-44-41-38-24-21-18-15-12-9-6-3)67-61(64)55-52-49-46-43-40-36-26-23-20-17-14-11-8-5-2/h7,10,16,19,25,27,29-30,32-33,35,37,42,45,58H,4-6,8-9,11-15,17-18,20-24,26,28,31,34,36,38-41,43-44,46-57H2,1-3H3/b10-7-,19-16-,27-25-,30-29-,33-32-,37-35-,45-42-. The number of hydrogen-bond acceptors (Lipinski definition) is 6. The molecule has 0 aliphatic carbocycles. The molecule has 0 heterocycles. The van der Waals surface area contributed by atoms with E-state index in [-0.39, 0.29) is 37.5 Å². The van der Waals surface area contributed by atoms with E-state index in [4.69, 9.17) is 14.2 Å². The van der Waals surface area contributed by atoms with Gasteiger partial charge in [0.15, 0.2) is 6.10 Å². The molecule has 67 heavy (non-hydrogen) atoms. The first-order chi connectivity index (χ1) is 33.0. The molecule has 0 radical (unpaired) electrons. The maximum Gasteiger partial charge on any atom is 0.306 e. The number of rotatable bonds is 50. The molecular weight excluding hydrogens is 829 g/mol. The predicted octanol–water partition coefficient (Wildman–Crippen LogP) is 18.8. The Morgan fingerprint density at radius 1 is 0.313 bits per heavy atom. The fraction of sp³-hybridized carbons (Fsp3) is 0.721. The van der Waals surface area contributed by atoms with E-state index in [1.54, 1.807) is 0 Å². The second-order valence-electron chi connectivity index (χ2n) is 18.5. The van der Waals surface area contributed by atoms with Gasteiger partial charge in [-0.1, -0.05) is 260 Å². The number of allylic oxidation sites excluding steroid dienone is 14. The minimum Gasteiger partial charge on any atom is -0.462 e. The van der Waals surface area contributed by atoms with Crippen molar-refractivity contribution in [3.63, 3.8) is 0 Å². The van der Waals surface area contributed by atoms with Gasteiger partial charge in [-0.15, -0.1) is 0 Å². The zero-order chi connectivity index (χ0) is 48.6. The minimum absolute atomic E-state index is 0.0911. The van der Waals surface area contributed by atoms with Gasteiger partial charge >= 0.3 is 17.9 Å². The second kappa shape index (κ2) is 55.2. The highest BCUT2D eigenvalue weighted by molar-refractivity contribution is 5.71. The Kier molecular flexibility index (Phi) is 52.4. The number of unbranched alkanes of at least 4 members (excludes halogenated alkanes) is 25. The molecule has 0 rings (SSSR count). The van der Waals surface area contributed by atoms with Crippen LogP contribution in [0.1, 0.15) is 265 Å². The number of carbonyl (C=O) groups is 3. The lowest BCUT2D eigenvalue weighted by molar-refractivity contribution is -0.167. The fourth-order valence-corrected chi connectivity index (χ4v) is 7.73. The highest BCUT2D eigenvalue weighted by atomic mass is 16.6. The van der Waals surface area contributed by atoms with Crippen LogP contribution in [0.2, 0.25) is 0 Å². The van der Waals surface area contributed by atoms with Crippen LogP contribution in [-0.2, 0) is 28.6 Å². The first-order valence-electron chi connectivity index (χ1n) is 28.1. The van der Waals surface area contributed by atoms with Crippen molar-refractivity contribution in [3.8, 4) is 0 Å². The first-order valence-corrected chi connectivity index (χ1v) is 28.1. The number of hydrogen-bond donors (Lipinski definition) is 0. The van der Waals surface area contributed by atoms with Crippen LogP contribution in [0.15, 0.2) is 85.1 Å². The van der Waals surface area contributed by atoms with E-state index >= 15 is 0 Å². The van der Waals surface area contributed by atoms with Crippen molar-refractivity contribution in [2.45, 2.75) is 271 Å². The van der Waals surface area contributed by atoms with Gasteiger partial charge in [0.2, 0.25) is 0 Å². The van der Waals surface area contributed by atoms with E-state index in [2.05, 4.69) is 106 Å². The molecule has 0 aliphatic heterocycles. The summed E-state index contributed by atoms with van der Waals surface area (Å²) in [5.41, 5.74) is 0. The Bertz CT molecular complexity index is 1300. The second-order valence-corrected chi connectivity index (χ2v) is 18.5. The third kappa shape index (κ3) is 53.4. The van der Waals surface area contributed by atoms with Gasteiger partial charge in [0.25, 0.3) is 0 Å². The highest BCUT2D eigenvalue weighted by Crippen LogP contribution is 2.16. The van der Waals surface area contributed by atoms with Crippen molar-refractivity contribution in [1.29, 1.82) is 0 Å². The van der Waals surface area contributed by atoms with Gasteiger partial charge in [-0.2, -0.15) is 0 Å². The summed E-state index contributed by atoms with van der Waals surface area (Å²) in [5.74, 6) is -0.947. The van der Waals surface area contributed by atoms with Crippen molar-refractivity contribution in [1.82, 2.24) is 0 Å². The normalized spacial score (nSPS) is 12.7. The predicted molar refractivity (Wildman–Crippen MR) is 288 cm³/mol. The first kappa shape index (κ1) is 63.6. The summed E-state index contributed by atoms with van der Waals surface area (Å²) >= 11 is 0.